The number of hydrogen-bond acceptors (Lipinski definition) is 6. The first-order valence-electron chi connectivity index (χ1n) is 9.78. The number of halogens is 2. The monoisotopic (exact) mass is 471 g/mol. The van der Waals surface area contributed by atoms with Gasteiger partial charge in [-0.3, -0.25) is 14.7 Å². The lowest BCUT2D eigenvalue weighted by molar-refractivity contribution is -0.113. The predicted molar refractivity (Wildman–Crippen MR) is 122 cm³/mol. The van der Waals surface area contributed by atoms with Crippen molar-refractivity contribution < 1.29 is 13.7 Å². The van der Waals surface area contributed by atoms with Gasteiger partial charge >= 0.3 is 0 Å². The van der Waals surface area contributed by atoms with Crippen LogP contribution in [0.2, 0.25) is 5.02 Å². The van der Waals surface area contributed by atoms with Crippen LogP contribution < -0.4 is 5.32 Å². The van der Waals surface area contributed by atoms with E-state index in [4.69, 9.17) is 16.1 Å². The normalized spacial score (nSPS) is 11.2. The Morgan fingerprint density at radius 3 is 2.66 bits per heavy atom. The van der Waals surface area contributed by atoms with Gasteiger partial charge < -0.3 is 4.52 Å². The summed E-state index contributed by atoms with van der Waals surface area (Å²) in [6.45, 7) is 3.96. The van der Waals surface area contributed by atoms with Gasteiger partial charge in [0.2, 0.25) is 11.8 Å². The number of rotatable bonds is 7. The highest BCUT2D eigenvalue weighted by Crippen LogP contribution is 2.32. The van der Waals surface area contributed by atoms with Crippen molar-refractivity contribution in [1.29, 1.82) is 0 Å². The fourth-order valence-electron chi connectivity index (χ4n) is 2.95. The van der Waals surface area contributed by atoms with Crippen LogP contribution in [0.15, 0.2) is 64.3 Å². The highest BCUT2D eigenvalue weighted by molar-refractivity contribution is 7.99. The van der Waals surface area contributed by atoms with Crippen LogP contribution in [0.4, 0.5) is 10.3 Å². The third-order valence-corrected chi connectivity index (χ3v) is 5.81. The molecule has 1 N–H and O–H groups in total. The van der Waals surface area contributed by atoms with Crippen LogP contribution >= 0.6 is 23.4 Å². The zero-order valence-electron chi connectivity index (χ0n) is 17.3. The molecule has 0 bridgehead atoms. The summed E-state index contributed by atoms with van der Waals surface area (Å²) in [6.07, 6.45) is 0. The van der Waals surface area contributed by atoms with Crippen molar-refractivity contribution in [2.45, 2.75) is 24.9 Å². The van der Waals surface area contributed by atoms with Gasteiger partial charge in [0.25, 0.3) is 0 Å². The van der Waals surface area contributed by atoms with Crippen molar-refractivity contribution in [3.8, 4) is 17.1 Å². The van der Waals surface area contributed by atoms with Gasteiger partial charge in [-0.05, 0) is 30.2 Å². The first kappa shape index (κ1) is 22.0. The molecule has 2 aromatic heterocycles. The van der Waals surface area contributed by atoms with Gasteiger partial charge in [-0.1, -0.05) is 66.6 Å². The average Bonchev–Trinajstić information content (AvgIpc) is 3.40. The Labute approximate surface area is 193 Å². The first-order valence-corrected chi connectivity index (χ1v) is 11.1. The number of aromatic nitrogens is 4. The van der Waals surface area contributed by atoms with Gasteiger partial charge in [-0.2, -0.15) is 0 Å². The smallest absolute Gasteiger partial charge is 0.237 e. The minimum atomic E-state index is -0.449. The van der Waals surface area contributed by atoms with Crippen molar-refractivity contribution in [3.63, 3.8) is 0 Å². The summed E-state index contributed by atoms with van der Waals surface area (Å²) in [7, 11) is 0. The maximum Gasteiger partial charge on any atom is 0.237 e. The van der Waals surface area contributed by atoms with E-state index in [1.807, 2.05) is 19.9 Å². The lowest BCUT2D eigenvalue weighted by Crippen LogP contribution is -2.14. The molecule has 0 aliphatic heterocycles. The maximum atomic E-state index is 14.7. The number of benzene rings is 2. The van der Waals surface area contributed by atoms with Crippen LogP contribution in [0.3, 0.4) is 0 Å². The fraction of sp³-hybridized carbons (Fsp3) is 0.182. The molecule has 4 rings (SSSR count). The van der Waals surface area contributed by atoms with Crippen molar-refractivity contribution in [2.75, 3.05) is 11.1 Å². The molecule has 0 fully saturated rings. The summed E-state index contributed by atoms with van der Waals surface area (Å²) < 4.78 is 21.4. The van der Waals surface area contributed by atoms with Gasteiger partial charge in [-0.25, -0.2) is 4.39 Å². The van der Waals surface area contributed by atoms with Gasteiger partial charge in [-0.15, -0.1) is 10.2 Å². The molecular weight excluding hydrogens is 453 g/mol. The van der Waals surface area contributed by atoms with E-state index < -0.39 is 5.82 Å². The van der Waals surface area contributed by atoms with Crippen LogP contribution in [-0.4, -0.2) is 31.6 Å². The highest BCUT2D eigenvalue weighted by Gasteiger charge is 2.21. The molecular formula is C22H19ClFN5O2S. The van der Waals surface area contributed by atoms with Gasteiger partial charge in [0.1, 0.15) is 5.82 Å². The highest BCUT2D eigenvalue weighted by atomic mass is 35.5. The SMILES string of the molecule is CC(C)c1cc(NC(=O)CSc2nnc(-c3ccccc3Cl)n2-c2ccccc2F)on1. The minimum Gasteiger partial charge on any atom is -0.338 e. The Morgan fingerprint density at radius 1 is 1.19 bits per heavy atom. The summed E-state index contributed by atoms with van der Waals surface area (Å²) in [5.74, 6) is 0.0688. The molecule has 2 aromatic carbocycles. The molecule has 164 valence electrons. The Kier molecular flexibility index (Phi) is 6.57. The quantitative estimate of drug-likeness (QED) is 0.355. The molecule has 0 saturated heterocycles. The average molecular weight is 472 g/mol. The molecule has 0 atom stereocenters. The Hall–Kier alpha value is -3.17. The number of nitrogens with zero attached hydrogens (tertiary/aromatic N) is 4. The van der Waals surface area contributed by atoms with Gasteiger partial charge in [0.15, 0.2) is 11.0 Å². The number of hydrogen-bond donors (Lipinski definition) is 1. The van der Waals surface area contributed by atoms with Crippen LogP contribution in [0.25, 0.3) is 17.1 Å². The van der Waals surface area contributed by atoms with E-state index in [2.05, 4.69) is 20.7 Å². The van der Waals surface area contributed by atoms with E-state index in [1.54, 1.807) is 47.0 Å². The van der Waals surface area contributed by atoms with E-state index in [0.717, 1.165) is 17.5 Å². The molecule has 2 heterocycles. The molecule has 4 aromatic rings. The van der Waals surface area contributed by atoms with Crippen LogP contribution in [0.1, 0.15) is 25.5 Å². The lowest BCUT2D eigenvalue weighted by atomic mass is 10.1. The maximum absolute atomic E-state index is 14.7. The van der Waals surface area contributed by atoms with Crippen LogP contribution in [0, 0.1) is 5.82 Å². The van der Waals surface area contributed by atoms with Crippen LogP contribution in [-0.2, 0) is 4.79 Å². The number of carbonyl (C=O) groups is 1. The number of thioether (sulfide) groups is 1. The second-order valence-corrected chi connectivity index (χ2v) is 8.53. The molecule has 7 nitrogen and oxygen atoms in total. The summed E-state index contributed by atoms with van der Waals surface area (Å²) in [6, 6.07) is 15.1. The Balaban J connectivity index is 1.60. The van der Waals surface area contributed by atoms with E-state index >= 15 is 0 Å². The molecule has 32 heavy (non-hydrogen) atoms. The van der Waals surface area contributed by atoms with Crippen molar-refractivity contribution in [2.24, 2.45) is 0 Å². The zero-order chi connectivity index (χ0) is 22.7. The Bertz CT molecular complexity index is 1260. The summed E-state index contributed by atoms with van der Waals surface area (Å²) in [5.41, 5.74) is 1.60. The van der Waals surface area contributed by atoms with Crippen molar-refractivity contribution >= 4 is 35.2 Å². The third kappa shape index (κ3) is 4.68. The standard InChI is InChI=1S/C22H19ClFN5O2S/c1-13(2)17-11-20(31-28-17)25-19(30)12-32-22-27-26-21(14-7-3-4-8-15(14)23)29(22)18-10-6-5-9-16(18)24/h3-11,13H,12H2,1-2H3,(H,25,30). The molecule has 0 aliphatic carbocycles. The molecule has 0 saturated carbocycles. The largest absolute Gasteiger partial charge is 0.338 e. The number of nitrogens with one attached hydrogen (secondary N) is 1. The second-order valence-electron chi connectivity index (χ2n) is 7.18. The summed E-state index contributed by atoms with van der Waals surface area (Å²) in [4.78, 5) is 12.4. The summed E-state index contributed by atoms with van der Waals surface area (Å²) in [5, 5.41) is 15.8. The molecule has 10 heteroatoms. The molecule has 0 unspecified atom stereocenters. The molecule has 0 spiro atoms. The van der Waals surface area contributed by atoms with Crippen molar-refractivity contribution in [3.05, 3.63) is 71.1 Å². The molecule has 0 aliphatic rings. The minimum absolute atomic E-state index is 0.00677. The molecule has 0 radical (unpaired) electrons. The van der Waals surface area contributed by atoms with Crippen molar-refractivity contribution in [1.82, 2.24) is 19.9 Å². The third-order valence-electron chi connectivity index (χ3n) is 4.56. The van der Waals surface area contributed by atoms with Gasteiger partial charge in [0.05, 0.1) is 22.2 Å². The number of anilines is 1. The number of carbonyl (C=O) groups excluding carboxylic acids is 1. The first-order chi connectivity index (χ1) is 15.4. The zero-order valence-corrected chi connectivity index (χ0v) is 18.8. The number of amides is 1. The van der Waals surface area contributed by atoms with Gasteiger partial charge in [0, 0.05) is 11.6 Å². The predicted octanol–water partition coefficient (Wildman–Crippen LogP) is 5.57. The topological polar surface area (TPSA) is 85.8 Å². The molecule has 1 amide bonds. The second kappa shape index (κ2) is 9.54. The summed E-state index contributed by atoms with van der Waals surface area (Å²) >= 11 is 7.46. The number of para-hydroxylation sites is 1. The van der Waals surface area contributed by atoms with Crippen LogP contribution in [0.5, 0.6) is 0 Å². The van der Waals surface area contributed by atoms with E-state index in [-0.39, 0.29) is 29.1 Å². The Morgan fingerprint density at radius 2 is 1.94 bits per heavy atom. The fourth-order valence-corrected chi connectivity index (χ4v) is 3.92. The lowest BCUT2D eigenvalue weighted by Gasteiger charge is -2.11. The van der Waals surface area contributed by atoms with E-state index in [0.29, 0.717) is 21.6 Å². The van der Waals surface area contributed by atoms with E-state index in [1.165, 1.54) is 6.07 Å². The van der Waals surface area contributed by atoms with E-state index in [9.17, 15) is 9.18 Å².